The lowest BCUT2D eigenvalue weighted by Gasteiger charge is -2.15. The monoisotopic (exact) mass is 526 g/mol. The summed E-state index contributed by atoms with van der Waals surface area (Å²) in [6.45, 7) is 4.81. The molecule has 0 radical (unpaired) electrons. The summed E-state index contributed by atoms with van der Waals surface area (Å²) in [5, 5.41) is 11.4. The SMILES string of the molecule is CC(C)Cn1c(Cc2ccccc2)nnc1SCC(=O)Nc1ccc(Br)cc1C(F)(F)F. The van der Waals surface area contributed by atoms with Crippen molar-refractivity contribution < 1.29 is 18.0 Å². The zero-order valence-corrected chi connectivity index (χ0v) is 19.9. The third kappa shape index (κ3) is 6.59. The maximum atomic E-state index is 13.3. The molecule has 32 heavy (non-hydrogen) atoms. The molecule has 0 atom stereocenters. The molecule has 10 heteroatoms. The highest BCUT2D eigenvalue weighted by Gasteiger charge is 2.34. The van der Waals surface area contributed by atoms with Crippen LogP contribution in [0.5, 0.6) is 0 Å². The van der Waals surface area contributed by atoms with Gasteiger partial charge in [0.05, 0.1) is 17.0 Å². The maximum absolute atomic E-state index is 13.3. The summed E-state index contributed by atoms with van der Waals surface area (Å²) in [6, 6.07) is 13.5. The predicted octanol–water partition coefficient (Wildman–Crippen LogP) is 6.04. The molecular formula is C22H22BrF3N4OS. The first kappa shape index (κ1) is 24.3. The van der Waals surface area contributed by atoms with Crippen LogP contribution in [0.15, 0.2) is 58.2 Å². The second-order valence-corrected chi connectivity index (χ2v) is 9.45. The molecule has 5 nitrogen and oxygen atoms in total. The van der Waals surface area contributed by atoms with Gasteiger partial charge in [0, 0.05) is 17.4 Å². The molecular weight excluding hydrogens is 505 g/mol. The Balaban J connectivity index is 1.72. The molecule has 2 aromatic carbocycles. The third-order valence-corrected chi connectivity index (χ3v) is 5.90. The van der Waals surface area contributed by atoms with E-state index in [2.05, 4.69) is 45.3 Å². The number of carbonyl (C=O) groups excluding carboxylic acids is 1. The highest BCUT2D eigenvalue weighted by Crippen LogP contribution is 2.36. The number of halogens is 4. The Labute approximate surface area is 196 Å². The van der Waals surface area contributed by atoms with Gasteiger partial charge in [-0.25, -0.2) is 0 Å². The van der Waals surface area contributed by atoms with Crippen molar-refractivity contribution in [1.82, 2.24) is 14.8 Å². The number of thioether (sulfide) groups is 1. The Morgan fingerprint density at radius 2 is 1.88 bits per heavy atom. The van der Waals surface area contributed by atoms with E-state index in [0.29, 0.717) is 24.0 Å². The Kier molecular flexibility index (Phi) is 8.00. The molecule has 1 amide bonds. The van der Waals surface area contributed by atoms with Crippen LogP contribution in [0.25, 0.3) is 0 Å². The zero-order valence-electron chi connectivity index (χ0n) is 17.5. The van der Waals surface area contributed by atoms with Gasteiger partial charge in [-0.05, 0) is 29.7 Å². The first-order valence-corrected chi connectivity index (χ1v) is 11.7. The molecule has 170 valence electrons. The van der Waals surface area contributed by atoms with E-state index >= 15 is 0 Å². The molecule has 0 saturated heterocycles. The third-order valence-electron chi connectivity index (χ3n) is 4.44. The van der Waals surface area contributed by atoms with E-state index in [1.807, 2.05) is 34.9 Å². The van der Waals surface area contributed by atoms with E-state index in [1.54, 1.807) is 0 Å². The minimum absolute atomic E-state index is 0.0884. The number of aromatic nitrogens is 3. The minimum Gasteiger partial charge on any atom is -0.325 e. The highest BCUT2D eigenvalue weighted by atomic mass is 79.9. The van der Waals surface area contributed by atoms with Gasteiger partial charge in [0.1, 0.15) is 5.82 Å². The average molecular weight is 527 g/mol. The molecule has 0 aliphatic heterocycles. The van der Waals surface area contributed by atoms with Crippen molar-refractivity contribution in [2.45, 2.75) is 38.1 Å². The number of anilines is 1. The fraction of sp³-hybridized carbons (Fsp3) is 0.318. The topological polar surface area (TPSA) is 59.8 Å². The summed E-state index contributed by atoms with van der Waals surface area (Å²) in [7, 11) is 0. The molecule has 1 N–H and O–H groups in total. The van der Waals surface area contributed by atoms with E-state index in [4.69, 9.17) is 0 Å². The van der Waals surface area contributed by atoms with Crippen LogP contribution in [0.1, 0.15) is 30.8 Å². The molecule has 0 saturated carbocycles. The van der Waals surface area contributed by atoms with E-state index in [0.717, 1.165) is 29.2 Å². The maximum Gasteiger partial charge on any atom is 0.418 e. The Morgan fingerprint density at radius 3 is 2.53 bits per heavy atom. The van der Waals surface area contributed by atoms with Crippen molar-refractivity contribution in [1.29, 1.82) is 0 Å². The Morgan fingerprint density at radius 1 is 1.16 bits per heavy atom. The molecule has 1 heterocycles. The van der Waals surface area contributed by atoms with Crippen LogP contribution in [0.4, 0.5) is 18.9 Å². The highest BCUT2D eigenvalue weighted by molar-refractivity contribution is 9.10. The van der Waals surface area contributed by atoms with Gasteiger partial charge in [-0.2, -0.15) is 13.2 Å². The normalized spacial score (nSPS) is 11.7. The smallest absolute Gasteiger partial charge is 0.325 e. The summed E-state index contributed by atoms with van der Waals surface area (Å²) < 4.78 is 42.1. The number of hydrogen-bond donors (Lipinski definition) is 1. The number of benzene rings is 2. The number of hydrogen-bond acceptors (Lipinski definition) is 4. The van der Waals surface area contributed by atoms with Gasteiger partial charge >= 0.3 is 6.18 Å². The van der Waals surface area contributed by atoms with Gasteiger partial charge in [0.25, 0.3) is 0 Å². The number of nitrogens with zero attached hydrogens (tertiary/aromatic N) is 3. The van der Waals surface area contributed by atoms with Gasteiger partial charge in [-0.1, -0.05) is 71.9 Å². The predicted molar refractivity (Wildman–Crippen MR) is 123 cm³/mol. The van der Waals surface area contributed by atoms with E-state index in [1.165, 1.54) is 12.1 Å². The van der Waals surface area contributed by atoms with E-state index < -0.39 is 17.6 Å². The second-order valence-electron chi connectivity index (χ2n) is 7.59. The molecule has 3 aromatic rings. The van der Waals surface area contributed by atoms with Crippen molar-refractivity contribution in [2.75, 3.05) is 11.1 Å². The summed E-state index contributed by atoms with van der Waals surface area (Å²) in [5.41, 5.74) is -0.0906. The van der Waals surface area contributed by atoms with Crippen molar-refractivity contribution in [3.8, 4) is 0 Å². The van der Waals surface area contributed by atoms with Crippen molar-refractivity contribution >= 4 is 39.3 Å². The van der Waals surface area contributed by atoms with Crippen molar-refractivity contribution in [3.05, 3.63) is 70.0 Å². The minimum atomic E-state index is -4.58. The summed E-state index contributed by atoms with van der Waals surface area (Å²) in [5.74, 6) is 0.465. The van der Waals surface area contributed by atoms with Crippen LogP contribution in [0.2, 0.25) is 0 Å². The van der Waals surface area contributed by atoms with Crippen LogP contribution in [0.3, 0.4) is 0 Å². The Hall–Kier alpha value is -2.33. The van der Waals surface area contributed by atoms with Gasteiger partial charge in [0.15, 0.2) is 5.16 Å². The molecule has 0 aliphatic carbocycles. The van der Waals surface area contributed by atoms with Gasteiger partial charge < -0.3 is 9.88 Å². The molecule has 0 aliphatic rings. The fourth-order valence-electron chi connectivity index (χ4n) is 3.06. The van der Waals surface area contributed by atoms with Crippen LogP contribution < -0.4 is 5.32 Å². The summed E-state index contributed by atoms with van der Waals surface area (Å²) >= 11 is 4.19. The summed E-state index contributed by atoms with van der Waals surface area (Å²) in [6.07, 6.45) is -3.98. The molecule has 0 spiro atoms. The lowest BCUT2D eigenvalue weighted by molar-refractivity contribution is -0.137. The number of carbonyl (C=O) groups is 1. The van der Waals surface area contributed by atoms with Crippen molar-refractivity contribution in [2.24, 2.45) is 5.92 Å². The summed E-state index contributed by atoms with van der Waals surface area (Å²) in [4.78, 5) is 12.4. The van der Waals surface area contributed by atoms with Gasteiger partial charge in [-0.15, -0.1) is 10.2 Å². The standard InChI is InChI=1S/C22H22BrF3N4OS/c1-14(2)12-30-19(10-15-6-4-3-5-7-15)28-29-21(30)32-13-20(31)27-18-9-8-16(23)11-17(18)22(24,25)26/h3-9,11,14H,10,12-13H2,1-2H3,(H,27,31). The number of rotatable bonds is 8. The zero-order chi connectivity index (χ0) is 23.3. The number of alkyl halides is 3. The molecule has 0 unspecified atom stereocenters. The largest absolute Gasteiger partial charge is 0.418 e. The van der Waals surface area contributed by atoms with Gasteiger partial charge in [0.2, 0.25) is 5.91 Å². The van der Waals surface area contributed by atoms with Crippen LogP contribution >= 0.6 is 27.7 Å². The molecule has 0 bridgehead atoms. The van der Waals surface area contributed by atoms with E-state index in [9.17, 15) is 18.0 Å². The van der Waals surface area contributed by atoms with E-state index in [-0.39, 0.29) is 15.9 Å². The lowest BCUT2D eigenvalue weighted by Crippen LogP contribution is -2.18. The number of nitrogens with one attached hydrogen (secondary N) is 1. The Bertz CT molecular complexity index is 1070. The average Bonchev–Trinajstić information content (AvgIpc) is 3.08. The molecule has 3 rings (SSSR count). The quantitative estimate of drug-likeness (QED) is 0.363. The fourth-order valence-corrected chi connectivity index (χ4v) is 4.19. The molecule has 1 aromatic heterocycles. The van der Waals surface area contributed by atoms with Crippen LogP contribution in [0, 0.1) is 5.92 Å². The first-order valence-electron chi connectivity index (χ1n) is 9.89. The lowest BCUT2D eigenvalue weighted by atomic mass is 10.1. The first-order chi connectivity index (χ1) is 15.1. The second kappa shape index (κ2) is 10.5. The van der Waals surface area contributed by atoms with Crippen molar-refractivity contribution in [3.63, 3.8) is 0 Å². The molecule has 0 fully saturated rings. The number of amides is 1. The van der Waals surface area contributed by atoms with Crippen LogP contribution in [-0.2, 0) is 23.9 Å². The van der Waals surface area contributed by atoms with Gasteiger partial charge in [-0.3, -0.25) is 4.79 Å². The van der Waals surface area contributed by atoms with Crippen LogP contribution in [-0.4, -0.2) is 26.4 Å².